The van der Waals surface area contributed by atoms with Crippen LogP contribution in [0.2, 0.25) is 0 Å². The van der Waals surface area contributed by atoms with E-state index in [1.807, 2.05) is 6.20 Å². The third-order valence-corrected chi connectivity index (χ3v) is 4.77. The second-order valence-corrected chi connectivity index (χ2v) is 6.64. The molecular formula is C18H30N2. The van der Waals surface area contributed by atoms with Crippen LogP contribution in [0.5, 0.6) is 0 Å². The quantitative estimate of drug-likeness (QED) is 0.862. The first kappa shape index (κ1) is 15.5. The van der Waals surface area contributed by atoms with Gasteiger partial charge in [-0.25, -0.2) is 0 Å². The molecule has 1 aromatic heterocycles. The maximum absolute atomic E-state index is 4.31. The van der Waals surface area contributed by atoms with Crippen molar-refractivity contribution in [2.24, 2.45) is 17.8 Å². The van der Waals surface area contributed by atoms with Crippen LogP contribution < -0.4 is 5.32 Å². The van der Waals surface area contributed by atoms with Crippen LogP contribution in [0.15, 0.2) is 18.5 Å². The van der Waals surface area contributed by atoms with Crippen LogP contribution in [0.25, 0.3) is 0 Å². The molecule has 0 bridgehead atoms. The maximum atomic E-state index is 4.31. The van der Waals surface area contributed by atoms with Gasteiger partial charge in [0.15, 0.2) is 0 Å². The molecule has 1 N–H and O–H groups in total. The van der Waals surface area contributed by atoms with Crippen molar-refractivity contribution < 1.29 is 0 Å². The number of hydrogen-bond acceptors (Lipinski definition) is 2. The van der Waals surface area contributed by atoms with Crippen molar-refractivity contribution in [3.63, 3.8) is 0 Å². The molecule has 0 spiro atoms. The lowest BCUT2D eigenvalue weighted by atomic mass is 9.72. The Kier molecular flexibility index (Phi) is 5.59. The highest BCUT2D eigenvalue weighted by Crippen LogP contribution is 2.40. The Morgan fingerprint density at radius 2 is 1.90 bits per heavy atom. The van der Waals surface area contributed by atoms with Crippen molar-refractivity contribution in [3.05, 3.63) is 29.6 Å². The van der Waals surface area contributed by atoms with E-state index in [0.29, 0.717) is 6.04 Å². The molecule has 2 nitrogen and oxygen atoms in total. The summed E-state index contributed by atoms with van der Waals surface area (Å²) in [6.07, 6.45) is 9.18. The Hall–Kier alpha value is -0.890. The molecule has 1 aromatic rings. The Labute approximate surface area is 124 Å². The third kappa shape index (κ3) is 3.60. The van der Waals surface area contributed by atoms with Gasteiger partial charge >= 0.3 is 0 Å². The standard InChI is InChI=1S/C18H30N2/c1-5-15-12-19-8-7-17(15)18(20-6-2)16-10-13(3)9-14(4)11-16/h7-8,12-14,16,18,20H,5-6,9-11H2,1-4H3. The van der Waals surface area contributed by atoms with Gasteiger partial charge in [-0.3, -0.25) is 4.98 Å². The Bertz CT molecular complexity index is 406. The molecule has 1 saturated carbocycles. The number of aromatic nitrogens is 1. The van der Waals surface area contributed by atoms with Gasteiger partial charge in [0.1, 0.15) is 0 Å². The number of hydrogen-bond donors (Lipinski definition) is 1. The van der Waals surface area contributed by atoms with Gasteiger partial charge in [-0.2, -0.15) is 0 Å². The second-order valence-electron chi connectivity index (χ2n) is 6.64. The van der Waals surface area contributed by atoms with Gasteiger partial charge in [0.25, 0.3) is 0 Å². The Morgan fingerprint density at radius 3 is 2.50 bits per heavy atom. The van der Waals surface area contributed by atoms with Crippen molar-refractivity contribution in [2.75, 3.05) is 6.54 Å². The summed E-state index contributed by atoms with van der Waals surface area (Å²) in [6.45, 7) is 10.3. The van der Waals surface area contributed by atoms with Crippen molar-refractivity contribution in [1.29, 1.82) is 0 Å². The van der Waals surface area contributed by atoms with Gasteiger partial charge < -0.3 is 5.32 Å². The van der Waals surface area contributed by atoms with Crippen molar-refractivity contribution in [2.45, 2.75) is 59.4 Å². The Morgan fingerprint density at radius 1 is 1.20 bits per heavy atom. The predicted octanol–water partition coefficient (Wildman–Crippen LogP) is 4.37. The molecule has 3 unspecified atom stereocenters. The molecule has 0 saturated heterocycles. The van der Waals surface area contributed by atoms with Gasteiger partial charge in [0.05, 0.1) is 0 Å². The van der Waals surface area contributed by atoms with Crippen LogP contribution >= 0.6 is 0 Å². The minimum absolute atomic E-state index is 0.503. The molecule has 0 radical (unpaired) electrons. The van der Waals surface area contributed by atoms with Gasteiger partial charge in [0, 0.05) is 18.4 Å². The van der Waals surface area contributed by atoms with E-state index in [1.54, 1.807) is 0 Å². The van der Waals surface area contributed by atoms with Gasteiger partial charge in [-0.05, 0) is 67.2 Å². The van der Waals surface area contributed by atoms with E-state index in [0.717, 1.165) is 30.7 Å². The minimum Gasteiger partial charge on any atom is -0.310 e. The smallest absolute Gasteiger partial charge is 0.0352 e. The molecule has 20 heavy (non-hydrogen) atoms. The number of aryl methyl sites for hydroxylation is 1. The third-order valence-electron chi connectivity index (χ3n) is 4.77. The molecule has 1 fully saturated rings. The summed E-state index contributed by atoms with van der Waals surface area (Å²) in [7, 11) is 0. The molecule has 112 valence electrons. The van der Waals surface area contributed by atoms with E-state index in [-0.39, 0.29) is 0 Å². The van der Waals surface area contributed by atoms with E-state index >= 15 is 0 Å². The average Bonchev–Trinajstić information content (AvgIpc) is 2.43. The normalized spacial score (nSPS) is 28.3. The monoisotopic (exact) mass is 274 g/mol. The predicted molar refractivity (Wildman–Crippen MR) is 85.7 cm³/mol. The minimum atomic E-state index is 0.503. The molecule has 3 atom stereocenters. The van der Waals surface area contributed by atoms with Crippen molar-refractivity contribution in [3.8, 4) is 0 Å². The van der Waals surface area contributed by atoms with E-state index in [9.17, 15) is 0 Å². The molecule has 0 aromatic carbocycles. The van der Waals surface area contributed by atoms with Gasteiger partial charge in [0.2, 0.25) is 0 Å². The zero-order valence-corrected chi connectivity index (χ0v) is 13.5. The van der Waals surface area contributed by atoms with Crippen LogP contribution in [0, 0.1) is 17.8 Å². The number of rotatable bonds is 5. The molecular weight excluding hydrogens is 244 g/mol. The second kappa shape index (κ2) is 7.21. The average molecular weight is 274 g/mol. The number of pyridine rings is 1. The van der Waals surface area contributed by atoms with Crippen LogP contribution in [0.3, 0.4) is 0 Å². The fourth-order valence-electron chi connectivity index (χ4n) is 4.07. The van der Waals surface area contributed by atoms with Crippen molar-refractivity contribution in [1.82, 2.24) is 10.3 Å². The summed E-state index contributed by atoms with van der Waals surface area (Å²) in [5, 5.41) is 3.76. The summed E-state index contributed by atoms with van der Waals surface area (Å²) >= 11 is 0. The maximum Gasteiger partial charge on any atom is 0.0352 e. The lowest BCUT2D eigenvalue weighted by Gasteiger charge is -2.37. The van der Waals surface area contributed by atoms with E-state index < -0.39 is 0 Å². The summed E-state index contributed by atoms with van der Waals surface area (Å²) in [5.41, 5.74) is 2.89. The fraction of sp³-hybridized carbons (Fsp3) is 0.722. The van der Waals surface area contributed by atoms with E-state index in [2.05, 4.69) is 50.3 Å². The number of nitrogens with zero attached hydrogens (tertiary/aromatic N) is 1. The highest BCUT2D eigenvalue weighted by molar-refractivity contribution is 5.27. The van der Waals surface area contributed by atoms with Gasteiger partial charge in [-0.1, -0.05) is 27.7 Å². The number of nitrogens with one attached hydrogen (secondary N) is 1. The SMILES string of the molecule is CCNC(c1ccncc1CC)C1CC(C)CC(C)C1. The highest BCUT2D eigenvalue weighted by Gasteiger charge is 2.31. The zero-order chi connectivity index (χ0) is 14.5. The summed E-state index contributed by atoms with van der Waals surface area (Å²) in [5.74, 6) is 2.48. The lowest BCUT2D eigenvalue weighted by Crippen LogP contribution is -2.33. The summed E-state index contributed by atoms with van der Waals surface area (Å²) in [6, 6.07) is 2.74. The largest absolute Gasteiger partial charge is 0.310 e. The summed E-state index contributed by atoms with van der Waals surface area (Å²) < 4.78 is 0. The molecule has 1 heterocycles. The first-order valence-electron chi connectivity index (χ1n) is 8.31. The van der Waals surface area contributed by atoms with Crippen molar-refractivity contribution >= 4 is 0 Å². The highest BCUT2D eigenvalue weighted by atomic mass is 14.9. The first-order chi connectivity index (χ1) is 9.65. The molecule has 2 heteroatoms. The Balaban J connectivity index is 2.25. The zero-order valence-electron chi connectivity index (χ0n) is 13.5. The summed E-state index contributed by atoms with van der Waals surface area (Å²) in [4.78, 5) is 4.31. The molecule has 1 aliphatic carbocycles. The molecule has 1 aliphatic rings. The van der Waals surface area contributed by atoms with Crippen LogP contribution in [0.4, 0.5) is 0 Å². The van der Waals surface area contributed by atoms with E-state index in [1.165, 1.54) is 30.4 Å². The first-order valence-corrected chi connectivity index (χ1v) is 8.31. The van der Waals surface area contributed by atoms with Crippen LogP contribution in [0.1, 0.15) is 64.1 Å². The fourth-order valence-corrected chi connectivity index (χ4v) is 4.07. The van der Waals surface area contributed by atoms with Gasteiger partial charge in [-0.15, -0.1) is 0 Å². The molecule has 2 rings (SSSR count). The topological polar surface area (TPSA) is 24.9 Å². The van der Waals surface area contributed by atoms with E-state index in [4.69, 9.17) is 0 Å². The lowest BCUT2D eigenvalue weighted by molar-refractivity contribution is 0.177. The molecule has 0 amide bonds. The van der Waals surface area contributed by atoms with Crippen LogP contribution in [-0.2, 0) is 6.42 Å². The van der Waals surface area contributed by atoms with Crippen LogP contribution in [-0.4, -0.2) is 11.5 Å². The molecule has 0 aliphatic heterocycles.